The van der Waals surface area contributed by atoms with Crippen LogP contribution in [0, 0.1) is 0 Å². The first-order chi connectivity index (χ1) is 15.1. The van der Waals surface area contributed by atoms with Gasteiger partial charge >= 0.3 is 5.69 Å². The number of imidazole rings is 1. The van der Waals surface area contributed by atoms with Crippen molar-refractivity contribution in [3.05, 3.63) is 100 Å². The summed E-state index contributed by atoms with van der Waals surface area (Å²) in [6.07, 6.45) is 4.46. The number of pyridine rings is 1. The van der Waals surface area contributed by atoms with Crippen molar-refractivity contribution in [1.82, 2.24) is 19.0 Å². The molecule has 0 saturated carbocycles. The summed E-state index contributed by atoms with van der Waals surface area (Å²) in [6, 6.07) is 19.7. The maximum Gasteiger partial charge on any atom is 0.329 e. The molecular weight excluding hydrogens is 388 g/mol. The number of para-hydroxylation sites is 2. The van der Waals surface area contributed by atoms with E-state index in [4.69, 9.17) is 0 Å². The second-order valence-electron chi connectivity index (χ2n) is 7.70. The highest BCUT2D eigenvalue weighted by atomic mass is 16.2. The Bertz CT molecular complexity index is 1240. The smallest absolute Gasteiger partial charge is 0.329 e. The van der Waals surface area contributed by atoms with E-state index in [1.807, 2.05) is 36.4 Å². The van der Waals surface area contributed by atoms with Crippen LogP contribution in [0.15, 0.2) is 77.9 Å². The first-order valence-electron chi connectivity index (χ1n) is 10.5. The average molecular weight is 415 g/mol. The second-order valence-corrected chi connectivity index (χ2v) is 7.70. The van der Waals surface area contributed by atoms with Gasteiger partial charge in [0.2, 0.25) is 5.91 Å². The Kier molecular flexibility index (Phi) is 5.98. The summed E-state index contributed by atoms with van der Waals surface area (Å²) in [7, 11) is 1.73. The standard InChI is InChI=1S/C25H26N4O2/c1-3-19-10-12-20(13-11-19)16-28(17-21-7-6-14-26-15-21)24(30)18-29-23-9-5-4-8-22(23)27(2)25(29)31/h4-15H,3,16-18H2,1-2H3. The van der Waals surface area contributed by atoms with E-state index >= 15 is 0 Å². The maximum atomic E-state index is 13.4. The summed E-state index contributed by atoms with van der Waals surface area (Å²) >= 11 is 0. The molecule has 0 aliphatic rings. The summed E-state index contributed by atoms with van der Waals surface area (Å²) in [4.78, 5) is 32.1. The van der Waals surface area contributed by atoms with E-state index in [-0.39, 0.29) is 18.1 Å². The predicted molar refractivity (Wildman–Crippen MR) is 121 cm³/mol. The van der Waals surface area contributed by atoms with E-state index in [1.165, 1.54) is 5.56 Å². The molecule has 0 spiro atoms. The Morgan fingerprint density at radius 3 is 2.26 bits per heavy atom. The zero-order chi connectivity index (χ0) is 21.8. The third-order valence-electron chi connectivity index (χ3n) is 5.60. The van der Waals surface area contributed by atoms with Crippen molar-refractivity contribution in [2.45, 2.75) is 33.0 Å². The van der Waals surface area contributed by atoms with Crippen molar-refractivity contribution in [3.8, 4) is 0 Å². The number of carbonyl (C=O) groups is 1. The fourth-order valence-corrected chi connectivity index (χ4v) is 3.80. The quantitative estimate of drug-likeness (QED) is 0.465. The lowest BCUT2D eigenvalue weighted by molar-refractivity contribution is -0.133. The second kappa shape index (κ2) is 9.00. The summed E-state index contributed by atoms with van der Waals surface area (Å²) in [5.74, 6) is -0.109. The molecule has 0 aliphatic heterocycles. The summed E-state index contributed by atoms with van der Waals surface area (Å²) in [5, 5.41) is 0. The van der Waals surface area contributed by atoms with Crippen LogP contribution in [0.1, 0.15) is 23.6 Å². The van der Waals surface area contributed by atoms with E-state index < -0.39 is 0 Å². The van der Waals surface area contributed by atoms with Crippen LogP contribution in [0.4, 0.5) is 0 Å². The lowest BCUT2D eigenvalue weighted by Gasteiger charge is -2.23. The molecular formula is C25H26N4O2. The SMILES string of the molecule is CCc1ccc(CN(Cc2cccnc2)C(=O)Cn2c(=O)n(C)c3ccccc32)cc1. The van der Waals surface area contributed by atoms with Gasteiger partial charge in [0, 0.05) is 32.5 Å². The van der Waals surface area contributed by atoms with Gasteiger partial charge in [-0.25, -0.2) is 4.79 Å². The minimum atomic E-state index is -0.192. The van der Waals surface area contributed by atoms with E-state index in [9.17, 15) is 9.59 Å². The monoisotopic (exact) mass is 414 g/mol. The molecule has 158 valence electrons. The summed E-state index contributed by atoms with van der Waals surface area (Å²) in [6.45, 7) is 3.02. The number of hydrogen-bond donors (Lipinski definition) is 0. The van der Waals surface area contributed by atoms with Crippen molar-refractivity contribution in [2.75, 3.05) is 0 Å². The van der Waals surface area contributed by atoms with E-state index in [1.54, 1.807) is 33.5 Å². The number of fused-ring (bicyclic) bond motifs is 1. The van der Waals surface area contributed by atoms with Gasteiger partial charge in [-0.3, -0.25) is 18.9 Å². The number of hydrogen-bond acceptors (Lipinski definition) is 3. The van der Waals surface area contributed by atoms with Crippen molar-refractivity contribution in [1.29, 1.82) is 0 Å². The maximum absolute atomic E-state index is 13.4. The molecule has 0 unspecified atom stereocenters. The highest BCUT2D eigenvalue weighted by Crippen LogP contribution is 2.15. The van der Waals surface area contributed by atoms with Crippen molar-refractivity contribution in [2.24, 2.45) is 7.05 Å². The van der Waals surface area contributed by atoms with Crippen LogP contribution in [-0.4, -0.2) is 24.9 Å². The van der Waals surface area contributed by atoms with E-state index in [0.717, 1.165) is 28.6 Å². The van der Waals surface area contributed by atoms with Gasteiger partial charge in [0.15, 0.2) is 0 Å². The molecule has 0 radical (unpaired) electrons. The molecule has 0 atom stereocenters. The molecule has 2 aromatic heterocycles. The van der Waals surface area contributed by atoms with Crippen LogP contribution >= 0.6 is 0 Å². The van der Waals surface area contributed by atoms with Crippen LogP contribution in [0.5, 0.6) is 0 Å². The molecule has 0 N–H and O–H groups in total. The van der Waals surface area contributed by atoms with Crippen molar-refractivity contribution >= 4 is 16.9 Å². The number of carbonyl (C=O) groups excluding carboxylic acids is 1. The Morgan fingerprint density at radius 1 is 0.903 bits per heavy atom. The highest BCUT2D eigenvalue weighted by molar-refractivity contribution is 5.81. The Hall–Kier alpha value is -3.67. The largest absolute Gasteiger partial charge is 0.332 e. The molecule has 4 rings (SSSR count). The van der Waals surface area contributed by atoms with Crippen LogP contribution in [0.25, 0.3) is 11.0 Å². The number of amides is 1. The third kappa shape index (κ3) is 4.43. The molecule has 31 heavy (non-hydrogen) atoms. The van der Waals surface area contributed by atoms with Gasteiger partial charge in [-0.2, -0.15) is 0 Å². The van der Waals surface area contributed by atoms with Crippen molar-refractivity contribution < 1.29 is 4.79 Å². The summed E-state index contributed by atoms with van der Waals surface area (Å²) in [5.41, 5.74) is 4.65. The van der Waals surface area contributed by atoms with Gasteiger partial charge in [-0.1, -0.05) is 49.4 Å². The normalized spacial score (nSPS) is 11.0. The Labute approximate surface area is 181 Å². The molecule has 6 heteroatoms. The fourth-order valence-electron chi connectivity index (χ4n) is 3.80. The van der Waals surface area contributed by atoms with Crippen LogP contribution in [0.3, 0.4) is 0 Å². The minimum Gasteiger partial charge on any atom is -0.332 e. The molecule has 0 saturated heterocycles. The lowest BCUT2D eigenvalue weighted by atomic mass is 10.1. The van der Waals surface area contributed by atoms with E-state index in [0.29, 0.717) is 13.1 Å². The molecule has 0 aliphatic carbocycles. The van der Waals surface area contributed by atoms with Crippen LogP contribution in [-0.2, 0) is 37.9 Å². The molecule has 0 fully saturated rings. The van der Waals surface area contributed by atoms with Crippen LogP contribution < -0.4 is 5.69 Å². The first kappa shape index (κ1) is 20.6. The van der Waals surface area contributed by atoms with E-state index in [2.05, 4.69) is 36.2 Å². The zero-order valence-electron chi connectivity index (χ0n) is 17.9. The number of aromatic nitrogens is 3. The third-order valence-corrected chi connectivity index (χ3v) is 5.60. The summed E-state index contributed by atoms with van der Waals surface area (Å²) < 4.78 is 3.13. The molecule has 1 amide bonds. The van der Waals surface area contributed by atoms with Gasteiger partial charge < -0.3 is 4.90 Å². The van der Waals surface area contributed by atoms with Gasteiger partial charge in [0.05, 0.1) is 11.0 Å². The highest BCUT2D eigenvalue weighted by Gasteiger charge is 2.19. The average Bonchev–Trinajstić information content (AvgIpc) is 3.05. The minimum absolute atomic E-state index is 0.00646. The molecule has 6 nitrogen and oxygen atoms in total. The Morgan fingerprint density at radius 2 is 1.58 bits per heavy atom. The Balaban J connectivity index is 1.63. The zero-order valence-corrected chi connectivity index (χ0v) is 17.9. The van der Waals surface area contributed by atoms with Crippen LogP contribution in [0.2, 0.25) is 0 Å². The number of rotatable bonds is 7. The molecule has 2 heterocycles. The van der Waals surface area contributed by atoms with Gasteiger partial charge in [0.1, 0.15) is 6.54 Å². The number of benzene rings is 2. The molecule has 4 aromatic rings. The molecule has 0 bridgehead atoms. The topological polar surface area (TPSA) is 60.1 Å². The number of aryl methyl sites for hydroxylation is 2. The first-order valence-corrected chi connectivity index (χ1v) is 10.5. The van der Waals surface area contributed by atoms with Gasteiger partial charge in [0.25, 0.3) is 0 Å². The van der Waals surface area contributed by atoms with Gasteiger partial charge in [-0.05, 0) is 41.3 Å². The van der Waals surface area contributed by atoms with Crippen molar-refractivity contribution in [3.63, 3.8) is 0 Å². The van der Waals surface area contributed by atoms with Gasteiger partial charge in [-0.15, -0.1) is 0 Å². The fraction of sp³-hybridized carbons (Fsp3) is 0.240. The molecule has 2 aromatic carbocycles. The number of nitrogens with zero attached hydrogens (tertiary/aromatic N) is 4. The lowest BCUT2D eigenvalue weighted by Crippen LogP contribution is -2.36. The predicted octanol–water partition coefficient (Wildman–Crippen LogP) is 3.53.